The SMILES string of the molecule is Cc1ccccc1-c1cc(N2CC3CCC(C2)N3c2ccnc(CCCOCCN3CCN(c4ccc(CC(=O)O)cn4)CC3)c2)c(N)nn1. The molecule has 262 valence electrons. The third-order valence-electron chi connectivity index (χ3n) is 10.3. The largest absolute Gasteiger partial charge is 0.481 e. The van der Waals surface area contributed by atoms with Crippen molar-refractivity contribution >= 4 is 29.0 Å². The molecule has 2 unspecified atom stereocenters. The number of rotatable bonds is 13. The van der Waals surface area contributed by atoms with Crippen LogP contribution in [0.5, 0.6) is 0 Å². The first-order chi connectivity index (χ1) is 24.4. The monoisotopic (exact) mass is 677 g/mol. The van der Waals surface area contributed by atoms with Crippen LogP contribution in [0.15, 0.2) is 67.0 Å². The fraction of sp³-hybridized carbons (Fsp3) is 0.447. The van der Waals surface area contributed by atoms with Crippen LogP contribution in [0.3, 0.4) is 0 Å². The number of benzene rings is 1. The lowest BCUT2D eigenvalue weighted by atomic mass is 10.0. The Morgan fingerprint density at radius 1 is 0.940 bits per heavy atom. The van der Waals surface area contributed by atoms with Crippen molar-refractivity contribution in [3.8, 4) is 11.3 Å². The van der Waals surface area contributed by atoms with E-state index in [2.05, 4.69) is 72.0 Å². The number of aromatic nitrogens is 4. The topological polar surface area (TPSA) is 137 Å². The standard InChI is InChI=1S/C38H47N9O3/c1-27-5-2-3-7-33(27)34-23-35(38(39)43-42-34)46-25-31-9-10-32(26-46)47(31)30-12-13-40-29(22-30)6-4-19-50-20-18-44-14-16-45(17-15-44)36-11-8-28(24-41-36)21-37(48)49/h2-3,5,7-8,11-13,22-24,31-32H,4,6,9-10,14-21,25-26H2,1H3,(H2,39,43)(H,48,49). The van der Waals surface area contributed by atoms with Crippen LogP contribution in [-0.4, -0.2) is 107 Å². The molecule has 0 aliphatic carbocycles. The number of pyridine rings is 2. The van der Waals surface area contributed by atoms with Crippen molar-refractivity contribution in [3.05, 3.63) is 83.8 Å². The molecule has 2 bridgehead atoms. The van der Waals surface area contributed by atoms with E-state index in [0.29, 0.717) is 31.1 Å². The van der Waals surface area contributed by atoms with Gasteiger partial charge in [0.25, 0.3) is 0 Å². The van der Waals surface area contributed by atoms with Gasteiger partial charge in [-0.1, -0.05) is 30.3 Å². The third-order valence-corrected chi connectivity index (χ3v) is 10.3. The van der Waals surface area contributed by atoms with Gasteiger partial charge < -0.3 is 30.3 Å². The predicted octanol–water partition coefficient (Wildman–Crippen LogP) is 4.08. The number of nitrogen functional groups attached to an aromatic ring is 1. The van der Waals surface area contributed by atoms with Crippen molar-refractivity contribution < 1.29 is 14.6 Å². The summed E-state index contributed by atoms with van der Waals surface area (Å²) in [5, 5.41) is 17.8. The molecule has 2 atom stereocenters. The molecule has 3 N–H and O–H groups in total. The van der Waals surface area contributed by atoms with Gasteiger partial charge in [-0.2, -0.15) is 0 Å². The molecular weight excluding hydrogens is 630 g/mol. The second kappa shape index (κ2) is 15.4. The van der Waals surface area contributed by atoms with Crippen LogP contribution in [0.2, 0.25) is 0 Å². The molecule has 12 nitrogen and oxygen atoms in total. The van der Waals surface area contributed by atoms with Gasteiger partial charge in [0.05, 0.1) is 24.4 Å². The number of fused-ring (bicyclic) bond motifs is 2. The van der Waals surface area contributed by atoms with E-state index in [1.165, 1.54) is 11.3 Å². The van der Waals surface area contributed by atoms with Gasteiger partial charge in [0.2, 0.25) is 0 Å². The summed E-state index contributed by atoms with van der Waals surface area (Å²) >= 11 is 0. The molecule has 3 aromatic heterocycles. The number of piperazine rings is 2. The Kier molecular flexibility index (Phi) is 10.4. The summed E-state index contributed by atoms with van der Waals surface area (Å²) in [7, 11) is 0. The molecule has 4 aromatic rings. The minimum absolute atomic E-state index is 0.00220. The Labute approximate surface area is 293 Å². The van der Waals surface area contributed by atoms with E-state index >= 15 is 0 Å². The predicted molar refractivity (Wildman–Crippen MR) is 196 cm³/mol. The number of carboxylic acids is 1. The second-order valence-corrected chi connectivity index (χ2v) is 13.7. The molecule has 50 heavy (non-hydrogen) atoms. The number of carboxylic acid groups (broad SMARTS) is 1. The molecule has 0 radical (unpaired) electrons. The molecule has 7 rings (SSSR count). The van der Waals surface area contributed by atoms with E-state index in [1.807, 2.05) is 30.5 Å². The number of hydrogen-bond donors (Lipinski definition) is 2. The number of aliphatic carboxylic acids is 1. The third kappa shape index (κ3) is 7.81. The molecular formula is C38H47N9O3. The minimum Gasteiger partial charge on any atom is -0.481 e. The van der Waals surface area contributed by atoms with Crippen molar-refractivity contribution in [1.82, 2.24) is 25.1 Å². The number of ether oxygens (including phenoxy) is 1. The number of hydrogen-bond acceptors (Lipinski definition) is 11. The first kappa shape index (κ1) is 33.7. The van der Waals surface area contributed by atoms with Crippen LogP contribution in [0.4, 0.5) is 23.0 Å². The number of nitrogens with two attached hydrogens (primary N) is 1. The summed E-state index contributed by atoms with van der Waals surface area (Å²) in [5.74, 6) is 0.555. The Hall–Kier alpha value is -4.81. The molecule has 3 saturated heterocycles. The Bertz CT molecular complexity index is 1750. The molecule has 0 saturated carbocycles. The van der Waals surface area contributed by atoms with E-state index in [0.717, 1.165) is 106 Å². The maximum Gasteiger partial charge on any atom is 0.307 e. The van der Waals surface area contributed by atoms with Gasteiger partial charge in [-0.3, -0.25) is 14.7 Å². The zero-order valence-corrected chi connectivity index (χ0v) is 28.8. The minimum atomic E-state index is -0.839. The number of nitrogens with zero attached hydrogens (tertiary/aromatic N) is 8. The molecule has 3 fully saturated rings. The highest BCUT2D eigenvalue weighted by atomic mass is 16.5. The van der Waals surface area contributed by atoms with Crippen LogP contribution in [0, 0.1) is 6.92 Å². The quantitative estimate of drug-likeness (QED) is 0.197. The fourth-order valence-corrected chi connectivity index (χ4v) is 7.66. The molecule has 1 aromatic carbocycles. The average Bonchev–Trinajstić information content (AvgIpc) is 3.39. The Balaban J connectivity index is 0.850. The normalized spacial score (nSPS) is 19.3. The maximum absolute atomic E-state index is 10.9. The Morgan fingerprint density at radius 3 is 2.48 bits per heavy atom. The smallest absolute Gasteiger partial charge is 0.307 e. The lowest BCUT2D eigenvalue weighted by molar-refractivity contribution is -0.136. The van der Waals surface area contributed by atoms with Gasteiger partial charge in [-0.05, 0) is 68.0 Å². The van der Waals surface area contributed by atoms with Crippen molar-refractivity contribution in [1.29, 1.82) is 0 Å². The lowest BCUT2D eigenvalue weighted by Gasteiger charge is -2.43. The first-order valence-electron chi connectivity index (χ1n) is 17.8. The zero-order valence-electron chi connectivity index (χ0n) is 28.8. The van der Waals surface area contributed by atoms with Crippen molar-refractivity contribution in [2.45, 2.75) is 51.1 Å². The van der Waals surface area contributed by atoms with Crippen molar-refractivity contribution in [3.63, 3.8) is 0 Å². The van der Waals surface area contributed by atoms with Gasteiger partial charge in [0.1, 0.15) is 5.82 Å². The highest BCUT2D eigenvalue weighted by Crippen LogP contribution is 2.38. The summed E-state index contributed by atoms with van der Waals surface area (Å²) in [5.41, 5.74) is 13.6. The average molecular weight is 678 g/mol. The lowest BCUT2D eigenvalue weighted by Crippen LogP contribution is -2.54. The Morgan fingerprint density at radius 2 is 1.74 bits per heavy atom. The number of aryl methyl sites for hydroxylation is 2. The van der Waals surface area contributed by atoms with Crippen LogP contribution >= 0.6 is 0 Å². The summed E-state index contributed by atoms with van der Waals surface area (Å²) in [6.07, 6.45) is 7.76. The van der Waals surface area contributed by atoms with Gasteiger partial charge in [-0.15, -0.1) is 10.2 Å². The van der Waals surface area contributed by atoms with Crippen LogP contribution in [0.1, 0.15) is 36.1 Å². The summed E-state index contributed by atoms with van der Waals surface area (Å²) in [6, 6.07) is 19.4. The van der Waals surface area contributed by atoms with Crippen LogP contribution < -0.4 is 20.4 Å². The summed E-state index contributed by atoms with van der Waals surface area (Å²) < 4.78 is 6.03. The van der Waals surface area contributed by atoms with Gasteiger partial charge in [-0.25, -0.2) is 4.98 Å². The van der Waals surface area contributed by atoms with Gasteiger partial charge in [0.15, 0.2) is 5.82 Å². The van der Waals surface area contributed by atoms with Gasteiger partial charge >= 0.3 is 5.97 Å². The zero-order chi connectivity index (χ0) is 34.5. The highest BCUT2D eigenvalue weighted by molar-refractivity contribution is 5.73. The summed E-state index contributed by atoms with van der Waals surface area (Å²) in [6.45, 7) is 9.95. The molecule has 3 aliphatic heterocycles. The fourth-order valence-electron chi connectivity index (χ4n) is 7.66. The van der Waals surface area contributed by atoms with E-state index in [-0.39, 0.29) is 6.42 Å². The maximum atomic E-state index is 10.9. The van der Waals surface area contributed by atoms with E-state index in [1.54, 1.807) is 6.20 Å². The molecule has 6 heterocycles. The van der Waals surface area contributed by atoms with Gasteiger partial charge in [0, 0.05) is 93.8 Å². The second-order valence-electron chi connectivity index (χ2n) is 13.7. The highest BCUT2D eigenvalue weighted by Gasteiger charge is 2.40. The van der Waals surface area contributed by atoms with Crippen molar-refractivity contribution in [2.75, 3.05) is 79.5 Å². The number of anilines is 4. The van der Waals surface area contributed by atoms with Crippen LogP contribution in [-0.2, 0) is 22.4 Å². The molecule has 3 aliphatic rings. The van der Waals surface area contributed by atoms with E-state index in [9.17, 15) is 4.79 Å². The van der Waals surface area contributed by atoms with Crippen LogP contribution in [0.25, 0.3) is 11.3 Å². The van der Waals surface area contributed by atoms with Crippen molar-refractivity contribution in [2.24, 2.45) is 0 Å². The first-order valence-corrected chi connectivity index (χ1v) is 17.8. The van der Waals surface area contributed by atoms with E-state index in [4.69, 9.17) is 20.6 Å². The number of carbonyl (C=O) groups is 1. The molecule has 0 amide bonds. The van der Waals surface area contributed by atoms with E-state index < -0.39 is 5.97 Å². The molecule has 0 spiro atoms. The molecule has 12 heteroatoms. The summed E-state index contributed by atoms with van der Waals surface area (Å²) in [4.78, 5) is 29.8.